The molecule has 0 saturated heterocycles. The van der Waals surface area contributed by atoms with Crippen LogP contribution in [-0.4, -0.2) is 23.1 Å². The van der Waals surface area contributed by atoms with E-state index in [0.717, 1.165) is 25.9 Å². The highest BCUT2D eigenvalue weighted by molar-refractivity contribution is 5.26. The van der Waals surface area contributed by atoms with E-state index in [1.54, 1.807) is 0 Å². The number of fused-ring (bicyclic) bond motifs is 2. The number of aryl methyl sites for hydroxylation is 2. The van der Waals surface area contributed by atoms with Crippen molar-refractivity contribution in [2.75, 3.05) is 13.1 Å². The molecule has 0 spiro atoms. The number of rotatable bonds is 17. The zero-order valence-corrected chi connectivity index (χ0v) is 22.7. The Kier molecular flexibility index (Phi) is 12.2. The molecule has 2 atom stereocenters. The van der Waals surface area contributed by atoms with Crippen molar-refractivity contribution in [2.45, 2.75) is 128 Å². The Hall–Kier alpha value is -1.78. The van der Waals surface area contributed by atoms with Gasteiger partial charge in [0.25, 0.3) is 0 Å². The molecular weight excluding hydrogens is 440 g/mol. The highest BCUT2D eigenvalue weighted by Gasteiger charge is 2.20. The number of unbranched alkanes of at least 4 members (excludes halogenated alkanes) is 11. The average molecular weight is 491 g/mol. The van der Waals surface area contributed by atoms with Gasteiger partial charge in [-0.3, -0.25) is 9.97 Å². The fraction of sp³-hybridized carbons (Fsp3) is 0.688. The molecule has 0 aliphatic heterocycles. The van der Waals surface area contributed by atoms with E-state index in [1.807, 2.05) is 12.4 Å². The minimum absolute atomic E-state index is 0.533. The third-order valence-corrected chi connectivity index (χ3v) is 8.30. The molecule has 0 bridgehead atoms. The molecule has 4 heteroatoms. The minimum atomic E-state index is 0.533. The largest absolute Gasteiger partial charge is 0.310 e. The number of hydrogen-bond acceptors (Lipinski definition) is 4. The van der Waals surface area contributed by atoms with Crippen LogP contribution < -0.4 is 10.6 Å². The van der Waals surface area contributed by atoms with Crippen molar-refractivity contribution in [2.24, 2.45) is 0 Å². The van der Waals surface area contributed by atoms with Gasteiger partial charge in [0.05, 0.1) is 0 Å². The summed E-state index contributed by atoms with van der Waals surface area (Å²) >= 11 is 0. The van der Waals surface area contributed by atoms with Gasteiger partial charge >= 0.3 is 0 Å². The van der Waals surface area contributed by atoms with Crippen LogP contribution in [0.25, 0.3) is 0 Å². The first-order valence-electron chi connectivity index (χ1n) is 15.3. The van der Waals surface area contributed by atoms with Gasteiger partial charge in [-0.15, -0.1) is 0 Å². The van der Waals surface area contributed by atoms with Crippen LogP contribution in [-0.2, 0) is 12.8 Å². The van der Waals surface area contributed by atoms with Crippen molar-refractivity contribution in [1.82, 2.24) is 20.6 Å². The lowest BCUT2D eigenvalue weighted by atomic mass is 9.91. The van der Waals surface area contributed by atoms with Crippen LogP contribution in [0.4, 0.5) is 0 Å². The Balaban J connectivity index is 0.901. The molecule has 0 radical (unpaired) electrons. The fourth-order valence-electron chi connectivity index (χ4n) is 6.21. The standard InChI is InChI=1S/C32H50N4/c1(3-5-7-9-11-23-33-29-19-13-21-31-27(29)17-15-25-35-31)2-4-6-8-10-12-24-34-30-20-14-22-32-28(30)18-16-26-36-32/h15-18,25-26,29-30,33-34H,1-14,19-24H2. The van der Waals surface area contributed by atoms with Gasteiger partial charge in [-0.1, -0.05) is 76.3 Å². The summed E-state index contributed by atoms with van der Waals surface area (Å²) in [6.45, 7) is 2.30. The molecule has 4 rings (SSSR count). The molecule has 0 amide bonds. The van der Waals surface area contributed by atoms with E-state index in [2.05, 4.69) is 44.9 Å². The van der Waals surface area contributed by atoms with E-state index < -0.39 is 0 Å². The summed E-state index contributed by atoms with van der Waals surface area (Å²) in [6.07, 6.45) is 28.0. The fourth-order valence-corrected chi connectivity index (χ4v) is 6.21. The van der Waals surface area contributed by atoms with Crippen LogP contribution in [0.5, 0.6) is 0 Å². The molecule has 2 aromatic heterocycles. The summed E-state index contributed by atoms with van der Waals surface area (Å²) in [6, 6.07) is 9.79. The minimum Gasteiger partial charge on any atom is -0.310 e. The van der Waals surface area contributed by atoms with E-state index in [4.69, 9.17) is 0 Å². The Labute approximate surface area is 220 Å². The van der Waals surface area contributed by atoms with Crippen LogP contribution in [0.1, 0.15) is 137 Å². The Morgan fingerprint density at radius 1 is 0.556 bits per heavy atom. The maximum Gasteiger partial charge on any atom is 0.0451 e. The van der Waals surface area contributed by atoms with Gasteiger partial charge in [-0.2, -0.15) is 0 Å². The predicted molar refractivity (Wildman–Crippen MR) is 151 cm³/mol. The van der Waals surface area contributed by atoms with E-state index >= 15 is 0 Å². The normalized spacial score (nSPS) is 19.1. The third-order valence-electron chi connectivity index (χ3n) is 8.30. The summed E-state index contributed by atoms with van der Waals surface area (Å²) in [7, 11) is 0. The van der Waals surface area contributed by atoms with Gasteiger partial charge in [-0.25, -0.2) is 0 Å². The molecule has 2 aliphatic carbocycles. The van der Waals surface area contributed by atoms with Crippen LogP contribution in [0.2, 0.25) is 0 Å². The number of hydrogen-bond donors (Lipinski definition) is 2. The van der Waals surface area contributed by atoms with E-state index in [0.29, 0.717) is 12.1 Å². The van der Waals surface area contributed by atoms with Gasteiger partial charge in [0.2, 0.25) is 0 Å². The second kappa shape index (κ2) is 16.1. The summed E-state index contributed by atoms with van der Waals surface area (Å²) in [5, 5.41) is 7.59. The van der Waals surface area contributed by atoms with Gasteiger partial charge in [0.15, 0.2) is 0 Å². The van der Waals surface area contributed by atoms with Crippen molar-refractivity contribution in [3.05, 3.63) is 59.2 Å². The topological polar surface area (TPSA) is 49.8 Å². The molecule has 2 aromatic rings. The SMILES string of the molecule is c1cnc2c(c1)C(NCCCCCCCCCCCCCCNC1CCCc3ncccc31)CCC2. The molecule has 2 unspecified atom stereocenters. The Bertz CT molecular complexity index is 795. The first-order chi connectivity index (χ1) is 17.9. The number of aromatic nitrogens is 2. The molecule has 2 N–H and O–H groups in total. The average Bonchev–Trinajstić information content (AvgIpc) is 2.93. The van der Waals surface area contributed by atoms with Crippen LogP contribution in [0.15, 0.2) is 36.7 Å². The smallest absolute Gasteiger partial charge is 0.0451 e. The lowest BCUT2D eigenvalue weighted by Crippen LogP contribution is -2.26. The van der Waals surface area contributed by atoms with Crippen LogP contribution in [0.3, 0.4) is 0 Å². The monoisotopic (exact) mass is 490 g/mol. The summed E-state index contributed by atoms with van der Waals surface area (Å²) in [5.74, 6) is 0. The van der Waals surface area contributed by atoms with E-state index in [9.17, 15) is 0 Å². The van der Waals surface area contributed by atoms with Crippen molar-refractivity contribution in [3.63, 3.8) is 0 Å². The zero-order chi connectivity index (χ0) is 24.7. The second-order valence-corrected chi connectivity index (χ2v) is 11.1. The predicted octanol–water partition coefficient (Wildman–Crippen LogP) is 7.79. The molecule has 36 heavy (non-hydrogen) atoms. The lowest BCUT2D eigenvalue weighted by molar-refractivity contribution is 0.441. The van der Waals surface area contributed by atoms with E-state index in [1.165, 1.54) is 125 Å². The van der Waals surface area contributed by atoms with Gasteiger partial charge in [-0.05, 0) is 87.7 Å². The third kappa shape index (κ3) is 8.95. The second-order valence-electron chi connectivity index (χ2n) is 11.1. The van der Waals surface area contributed by atoms with Crippen molar-refractivity contribution >= 4 is 0 Å². The highest BCUT2D eigenvalue weighted by atomic mass is 14.9. The van der Waals surface area contributed by atoms with Crippen molar-refractivity contribution < 1.29 is 0 Å². The van der Waals surface area contributed by atoms with Gasteiger partial charge in [0.1, 0.15) is 0 Å². The molecular formula is C32H50N4. The van der Waals surface area contributed by atoms with Gasteiger partial charge in [0, 0.05) is 35.9 Å². The number of pyridine rings is 2. The highest BCUT2D eigenvalue weighted by Crippen LogP contribution is 2.29. The van der Waals surface area contributed by atoms with Crippen LogP contribution in [0, 0.1) is 0 Å². The molecule has 4 nitrogen and oxygen atoms in total. The molecule has 2 heterocycles. The van der Waals surface area contributed by atoms with Crippen LogP contribution >= 0.6 is 0 Å². The van der Waals surface area contributed by atoms with Crippen molar-refractivity contribution in [1.29, 1.82) is 0 Å². The Morgan fingerprint density at radius 2 is 0.944 bits per heavy atom. The lowest BCUT2D eigenvalue weighted by Gasteiger charge is -2.25. The first-order valence-corrected chi connectivity index (χ1v) is 15.3. The molecule has 0 saturated carbocycles. The quantitative estimate of drug-likeness (QED) is 0.222. The number of nitrogens with one attached hydrogen (secondary N) is 2. The number of nitrogens with zero attached hydrogens (tertiary/aromatic N) is 2. The molecule has 0 fully saturated rings. The first kappa shape index (κ1) is 27.3. The van der Waals surface area contributed by atoms with Crippen molar-refractivity contribution in [3.8, 4) is 0 Å². The molecule has 198 valence electrons. The van der Waals surface area contributed by atoms with Gasteiger partial charge < -0.3 is 10.6 Å². The molecule has 2 aliphatic rings. The summed E-state index contributed by atoms with van der Waals surface area (Å²) in [5.41, 5.74) is 5.53. The maximum absolute atomic E-state index is 4.57. The van der Waals surface area contributed by atoms with E-state index in [-0.39, 0.29) is 0 Å². The Morgan fingerprint density at radius 3 is 1.36 bits per heavy atom. The summed E-state index contributed by atoms with van der Waals surface area (Å²) < 4.78 is 0. The zero-order valence-electron chi connectivity index (χ0n) is 22.7. The maximum atomic E-state index is 4.57. The molecule has 0 aromatic carbocycles. The summed E-state index contributed by atoms with van der Waals surface area (Å²) in [4.78, 5) is 9.14.